The number of rotatable bonds is 4. The van der Waals surface area contributed by atoms with E-state index < -0.39 is 0 Å². The van der Waals surface area contributed by atoms with E-state index >= 15 is 0 Å². The number of anilines is 3. The Hall–Kier alpha value is -2.73. The number of nitrogens with one attached hydrogen (secondary N) is 2. The van der Waals surface area contributed by atoms with Crippen LogP contribution in [0.5, 0.6) is 0 Å². The van der Waals surface area contributed by atoms with Gasteiger partial charge in [0.05, 0.1) is 0 Å². The van der Waals surface area contributed by atoms with Crippen molar-refractivity contribution in [1.29, 1.82) is 0 Å². The van der Waals surface area contributed by atoms with Gasteiger partial charge >= 0.3 is 0 Å². The first-order chi connectivity index (χ1) is 11.6. The van der Waals surface area contributed by atoms with Crippen LogP contribution in [-0.2, 0) is 0 Å². The number of halogens is 1. The van der Waals surface area contributed by atoms with Crippen molar-refractivity contribution >= 4 is 39.2 Å². The summed E-state index contributed by atoms with van der Waals surface area (Å²) in [5.74, 6) is 0.0863. The third kappa shape index (κ3) is 4.17. The Morgan fingerprint density at radius 1 is 1.04 bits per heavy atom. The van der Waals surface area contributed by atoms with E-state index in [0.717, 1.165) is 21.4 Å². The summed E-state index contributed by atoms with van der Waals surface area (Å²) < 4.78 is 0.945. The fourth-order valence-corrected chi connectivity index (χ4v) is 2.47. The molecule has 0 aliphatic carbocycles. The van der Waals surface area contributed by atoms with Gasteiger partial charge in [-0.2, -0.15) is 0 Å². The van der Waals surface area contributed by atoms with Crippen LogP contribution in [-0.4, -0.2) is 15.9 Å². The molecule has 3 rings (SSSR count). The lowest BCUT2D eigenvalue weighted by molar-refractivity contribution is 0.102. The highest BCUT2D eigenvalue weighted by atomic mass is 79.9. The maximum absolute atomic E-state index is 12.3. The van der Waals surface area contributed by atoms with Gasteiger partial charge in [0.1, 0.15) is 5.69 Å². The quantitative estimate of drug-likeness (QED) is 0.694. The standard InChI is InChI=1S/C18H15BrN4O/c1-12-5-7-14(8-6-12)21-17(24)16-9-10-20-18(23-16)22-15-4-2-3-13(19)11-15/h2-11H,1H3,(H,21,24)(H,20,22,23). The number of amides is 1. The molecular weight excluding hydrogens is 368 g/mol. The van der Waals surface area contributed by atoms with Gasteiger partial charge in [-0.25, -0.2) is 9.97 Å². The molecule has 0 saturated carbocycles. The zero-order chi connectivity index (χ0) is 16.9. The highest BCUT2D eigenvalue weighted by molar-refractivity contribution is 9.10. The van der Waals surface area contributed by atoms with Gasteiger partial charge in [-0.1, -0.05) is 39.7 Å². The Balaban J connectivity index is 1.74. The van der Waals surface area contributed by atoms with Gasteiger partial charge in [-0.3, -0.25) is 4.79 Å². The molecule has 120 valence electrons. The predicted octanol–water partition coefficient (Wildman–Crippen LogP) is 4.54. The van der Waals surface area contributed by atoms with Gasteiger partial charge in [-0.15, -0.1) is 0 Å². The molecule has 2 aromatic carbocycles. The Kier molecular flexibility index (Phi) is 4.86. The summed E-state index contributed by atoms with van der Waals surface area (Å²) >= 11 is 3.41. The van der Waals surface area contributed by atoms with Crippen LogP contribution in [0.2, 0.25) is 0 Å². The van der Waals surface area contributed by atoms with Crippen molar-refractivity contribution in [2.24, 2.45) is 0 Å². The fraction of sp³-hybridized carbons (Fsp3) is 0.0556. The Morgan fingerprint density at radius 3 is 2.58 bits per heavy atom. The summed E-state index contributed by atoms with van der Waals surface area (Å²) in [5, 5.41) is 5.90. The lowest BCUT2D eigenvalue weighted by Crippen LogP contribution is -2.14. The number of carbonyl (C=O) groups excluding carboxylic acids is 1. The molecule has 1 heterocycles. The number of hydrogen-bond donors (Lipinski definition) is 2. The third-order valence-electron chi connectivity index (χ3n) is 3.28. The number of carbonyl (C=O) groups is 1. The average Bonchev–Trinajstić information content (AvgIpc) is 2.57. The van der Waals surface area contributed by atoms with Crippen molar-refractivity contribution in [3.63, 3.8) is 0 Å². The van der Waals surface area contributed by atoms with Gasteiger partial charge in [-0.05, 0) is 43.3 Å². The topological polar surface area (TPSA) is 66.9 Å². The molecule has 1 aromatic heterocycles. The zero-order valence-corrected chi connectivity index (χ0v) is 14.5. The van der Waals surface area contributed by atoms with Crippen LogP contribution in [0.1, 0.15) is 16.1 Å². The lowest BCUT2D eigenvalue weighted by atomic mass is 10.2. The maximum Gasteiger partial charge on any atom is 0.274 e. The third-order valence-corrected chi connectivity index (χ3v) is 3.77. The van der Waals surface area contributed by atoms with Crippen molar-refractivity contribution in [2.75, 3.05) is 10.6 Å². The van der Waals surface area contributed by atoms with Crippen LogP contribution >= 0.6 is 15.9 Å². The van der Waals surface area contributed by atoms with E-state index in [9.17, 15) is 4.79 Å². The molecule has 0 radical (unpaired) electrons. The molecule has 2 N–H and O–H groups in total. The van der Waals surface area contributed by atoms with Crippen molar-refractivity contribution in [3.8, 4) is 0 Å². The maximum atomic E-state index is 12.3. The zero-order valence-electron chi connectivity index (χ0n) is 13.0. The second kappa shape index (κ2) is 7.23. The van der Waals surface area contributed by atoms with Crippen LogP contribution in [0.25, 0.3) is 0 Å². The molecule has 0 spiro atoms. The highest BCUT2D eigenvalue weighted by Gasteiger charge is 2.09. The minimum atomic E-state index is -0.279. The van der Waals surface area contributed by atoms with E-state index in [1.54, 1.807) is 12.3 Å². The molecule has 3 aromatic rings. The van der Waals surface area contributed by atoms with Crippen molar-refractivity contribution in [2.45, 2.75) is 6.92 Å². The number of aryl methyl sites for hydroxylation is 1. The smallest absolute Gasteiger partial charge is 0.274 e. The number of benzene rings is 2. The van der Waals surface area contributed by atoms with E-state index in [1.807, 2.05) is 55.5 Å². The molecule has 0 unspecified atom stereocenters. The first kappa shape index (κ1) is 16.1. The lowest BCUT2D eigenvalue weighted by Gasteiger charge is -2.08. The first-order valence-electron chi connectivity index (χ1n) is 7.34. The van der Waals surface area contributed by atoms with Crippen LogP contribution in [0.15, 0.2) is 65.3 Å². The second-order valence-corrected chi connectivity index (χ2v) is 6.14. The van der Waals surface area contributed by atoms with Crippen molar-refractivity contribution in [1.82, 2.24) is 9.97 Å². The Morgan fingerprint density at radius 2 is 1.83 bits per heavy atom. The van der Waals surface area contributed by atoms with Gasteiger partial charge in [0.15, 0.2) is 0 Å². The molecule has 0 aliphatic rings. The normalized spacial score (nSPS) is 10.2. The molecule has 1 amide bonds. The molecule has 0 bridgehead atoms. The van der Waals surface area contributed by atoms with Gasteiger partial charge in [0.25, 0.3) is 5.91 Å². The number of hydrogen-bond acceptors (Lipinski definition) is 4. The van der Waals surface area contributed by atoms with Gasteiger partial charge in [0, 0.05) is 22.0 Å². The van der Waals surface area contributed by atoms with Crippen molar-refractivity contribution < 1.29 is 4.79 Å². The molecule has 0 fully saturated rings. The molecule has 5 nitrogen and oxygen atoms in total. The van der Waals surface area contributed by atoms with E-state index in [1.165, 1.54) is 0 Å². The fourth-order valence-electron chi connectivity index (χ4n) is 2.07. The monoisotopic (exact) mass is 382 g/mol. The summed E-state index contributed by atoms with van der Waals surface area (Å²) in [4.78, 5) is 20.7. The highest BCUT2D eigenvalue weighted by Crippen LogP contribution is 2.18. The van der Waals surface area contributed by atoms with Crippen LogP contribution in [0.4, 0.5) is 17.3 Å². The van der Waals surface area contributed by atoms with Crippen LogP contribution in [0.3, 0.4) is 0 Å². The molecule has 24 heavy (non-hydrogen) atoms. The van der Waals surface area contributed by atoms with Gasteiger partial charge in [0.2, 0.25) is 5.95 Å². The largest absolute Gasteiger partial charge is 0.324 e. The molecular formula is C18H15BrN4O. The van der Waals surface area contributed by atoms with Gasteiger partial charge < -0.3 is 10.6 Å². The first-order valence-corrected chi connectivity index (χ1v) is 8.13. The minimum absolute atomic E-state index is 0.279. The average molecular weight is 383 g/mol. The van der Waals surface area contributed by atoms with Crippen LogP contribution < -0.4 is 10.6 Å². The van der Waals surface area contributed by atoms with E-state index in [4.69, 9.17) is 0 Å². The summed E-state index contributed by atoms with van der Waals surface area (Å²) in [6.07, 6.45) is 1.55. The number of nitrogens with zero attached hydrogens (tertiary/aromatic N) is 2. The molecule has 6 heteroatoms. The Bertz CT molecular complexity index is 865. The Labute approximate surface area is 148 Å². The summed E-state index contributed by atoms with van der Waals surface area (Å²) in [5.41, 5.74) is 2.99. The second-order valence-electron chi connectivity index (χ2n) is 5.22. The van der Waals surface area contributed by atoms with Crippen molar-refractivity contribution in [3.05, 3.63) is 76.5 Å². The summed E-state index contributed by atoms with van der Waals surface area (Å²) in [6.45, 7) is 2.00. The minimum Gasteiger partial charge on any atom is -0.324 e. The predicted molar refractivity (Wildman–Crippen MR) is 98.6 cm³/mol. The molecule has 0 aliphatic heterocycles. The van der Waals surface area contributed by atoms with Crippen LogP contribution in [0, 0.1) is 6.92 Å². The van der Waals surface area contributed by atoms with E-state index in [0.29, 0.717) is 11.6 Å². The summed E-state index contributed by atoms with van der Waals surface area (Å²) in [6, 6.07) is 16.8. The summed E-state index contributed by atoms with van der Waals surface area (Å²) in [7, 11) is 0. The number of aromatic nitrogens is 2. The SMILES string of the molecule is Cc1ccc(NC(=O)c2ccnc(Nc3cccc(Br)c3)n2)cc1. The van der Waals surface area contributed by atoms with E-state index in [2.05, 4.69) is 36.5 Å². The van der Waals surface area contributed by atoms with E-state index in [-0.39, 0.29) is 5.91 Å². The molecule has 0 saturated heterocycles. The molecule has 0 atom stereocenters.